The second-order valence-electron chi connectivity index (χ2n) is 7.45. The minimum atomic E-state index is -0.300. The zero-order valence-electron chi connectivity index (χ0n) is 17.2. The van der Waals surface area contributed by atoms with Crippen LogP contribution in [0.25, 0.3) is 0 Å². The van der Waals surface area contributed by atoms with Crippen molar-refractivity contribution in [3.63, 3.8) is 0 Å². The predicted molar refractivity (Wildman–Crippen MR) is 116 cm³/mol. The van der Waals surface area contributed by atoms with Crippen LogP contribution in [0.3, 0.4) is 0 Å². The number of rotatable bonds is 7. The summed E-state index contributed by atoms with van der Waals surface area (Å²) in [5.74, 6) is -0.433. The fraction of sp³-hybridized carbons (Fsp3) is 0.200. The van der Waals surface area contributed by atoms with Crippen molar-refractivity contribution < 1.29 is 9.18 Å². The molecule has 0 atom stereocenters. The van der Waals surface area contributed by atoms with Crippen LogP contribution in [-0.4, -0.2) is 17.4 Å². The van der Waals surface area contributed by atoms with Gasteiger partial charge in [-0.2, -0.15) is 5.26 Å². The van der Waals surface area contributed by atoms with Gasteiger partial charge in [-0.3, -0.25) is 9.69 Å². The van der Waals surface area contributed by atoms with Gasteiger partial charge in [-0.1, -0.05) is 42.0 Å². The van der Waals surface area contributed by atoms with Gasteiger partial charge >= 0.3 is 0 Å². The molecule has 152 valence electrons. The highest BCUT2D eigenvalue weighted by atomic mass is 19.1. The second-order valence-corrected chi connectivity index (χ2v) is 7.45. The standard InChI is InChI=1S/C25H24FN3O/c1-18-6-11-24(19(2)12-18)28-25(30)17-29(16-22-4-3-5-23(26)13-22)15-21-9-7-20(14-27)8-10-21/h3-13H,15-17H2,1-2H3,(H,28,30). The molecule has 1 N–H and O–H groups in total. The third kappa shape index (κ3) is 6.00. The van der Waals surface area contributed by atoms with E-state index in [4.69, 9.17) is 5.26 Å². The van der Waals surface area contributed by atoms with E-state index < -0.39 is 0 Å². The maximum absolute atomic E-state index is 13.6. The maximum atomic E-state index is 13.6. The molecule has 0 aliphatic heterocycles. The second kappa shape index (κ2) is 9.82. The van der Waals surface area contributed by atoms with Crippen molar-refractivity contribution >= 4 is 11.6 Å². The summed E-state index contributed by atoms with van der Waals surface area (Å²) >= 11 is 0. The number of hydrogen-bond acceptors (Lipinski definition) is 3. The molecule has 5 heteroatoms. The molecule has 0 spiro atoms. The zero-order chi connectivity index (χ0) is 21.5. The van der Waals surface area contributed by atoms with Crippen LogP contribution in [0.1, 0.15) is 27.8 Å². The first kappa shape index (κ1) is 21.2. The fourth-order valence-corrected chi connectivity index (χ4v) is 3.35. The molecular formula is C25H24FN3O. The van der Waals surface area contributed by atoms with Gasteiger partial charge in [0.05, 0.1) is 18.2 Å². The number of nitrogens with one attached hydrogen (secondary N) is 1. The van der Waals surface area contributed by atoms with Crippen LogP contribution >= 0.6 is 0 Å². The molecule has 0 saturated heterocycles. The normalized spacial score (nSPS) is 10.6. The van der Waals surface area contributed by atoms with Gasteiger partial charge in [0.15, 0.2) is 0 Å². The summed E-state index contributed by atoms with van der Waals surface area (Å²) in [5, 5.41) is 12.0. The van der Waals surface area contributed by atoms with E-state index in [-0.39, 0.29) is 18.3 Å². The molecule has 0 aliphatic rings. The zero-order valence-corrected chi connectivity index (χ0v) is 17.2. The van der Waals surface area contributed by atoms with E-state index >= 15 is 0 Å². The number of aryl methyl sites for hydroxylation is 2. The van der Waals surface area contributed by atoms with Gasteiger partial charge in [0.25, 0.3) is 0 Å². The lowest BCUT2D eigenvalue weighted by Gasteiger charge is -2.22. The summed E-state index contributed by atoms with van der Waals surface area (Å²) in [7, 11) is 0. The Labute approximate surface area is 176 Å². The number of anilines is 1. The van der Waals surface area contributed by atoms with Crippen molar-refractivity contribution in [1.29, 1.82) is 5.26 Å². The van der Waals surface area contributed by atoms with Gasteiger partial charge in [-0.15, -0.1) is 0 Å². The topological polar surface area (TPSA) is 56.1 Å². The van der Waals surface area contributed by atoms with Crippen molar-refractivity contribution in [3.8, 4) is 6.07 Å². The van der Waals surface area contributed by atoms with Crippen LogP contribution in [0.2, 0.25) is 0 Å². The van der Waals surface area contributed by atoms with Crippen LogP contribution < -0.4 is 5.32 Å². The molecule has 0 aliphatic carbocycles. The van der Waals surface area contributed by atoms with E-state index in [0.717, 1.165) is 27.9 Å². The molecule has 0 radical (unpaired) electrons. The Balaban J connectivity index is 1.75. The molecule has 0 unspecified atom stereocenters. The van der Waals surface area contributed by atoms with Crippen molar-refractivity contribution in [2.75, 3.05) is 11.9 Å². The number of halogens is 1. The molecular weight excluding hydrogens is 377 g/mol. The van der Waals surface area contributed by atoms with Crippen molar-refractivity contribution in [2.45, 2.75) is 26.9 Å². The van der Waals surface area contributed by atoms with Gasteiger partial charge in [0.2, 0.25) is 5.91 Å². The number of nitrogens with zero attached hydrogens (tertiary/aromatic N) is 2. The summed E-state index contributed by atoms with van der Waals surface area (Å²) in [5.41, 5.74) is 5.29. The largest absolute Gasteiger partial charge is 0.325 e. The lowest BCUT2D eigenvalue weighted by atomic mass is 10.1. The van der Waals surface area contributed by atoms with E-state index in [0.29, 0.717) is 18.7 Å². The fourth-order valence-electron chi connectivity index (χ4n) is 3.35. The van der Waals surface area contributed by atoms with E-state index in [1.807, 2.05) is 55.1 Å². The molecule has 0 bridgehead atoms. The summed E-state index contributed by atoms with van der Waals surface area (Å²) in [6, 6.07) is 21.6. The number of carbonyl (C=O) groups excluding carboxylic acids is 1. The molecule has 30 heavy (non-hydrogen) atoms. The Kier molecular flexibility index (Phi) is 6.95. The van der Waals surface area contributed by atoms with E-state index in [9.17, 15) is 9.18 Å². The highest BCUT2D eigenvalue weighted by Gasteiger charge is 2.14. The van der Waals surface area contributed by atoms with Crippen molar-refractivity contribution in [2.24, 2.45) is 0 Å². The SMILES string of the molecule is Cc1ccc(NC(=O)CN(Cc2ccc(C#N)cc2)Cc2cccc(F)c2)c(C)c1. The Morgan fingerprint density at radius 3 is 2.40 bits per heavy atom. The highest BCUT2D eigenvalue weighted by Crippen LogP contribution is 2.17. The molecule has 1 amide bonds. The minimum absolute atomic E-state index is 0.132. The summed E-state index contributed by atoms with van der Waals surface area (Å²) in [6.07, 6.45) is 0. The van der Waals surface area contributed by atoms with Crippen LogP contribution in [0.15, 0.2) is 66.7 Å². The highest BCUT2D eigenvalue weighted by molar-refractivity contribution is 5.93. The summed E-state index contributed by atoms with van der Waals surface area (Å²) < 4.78 is 13.6. The monoisotopic (exact) mass is 401 g/mol. The summed E-state index contributed by atoms with van der Waals surface area (Å²) in [4.78, 5) is 14.7. The Morgan fingerprint density at radius 1 is 1.00 bits per heavy atom. The molecule has 0 heterocycles. The Morgan fingerprint density at radius 2 is 1.73 bits per heavy atom. The summed E-state index contributed by atoms with van der Waals surface area (Å²) in [6.45, 7) is 5.06. The Hall–Kier alpha value is -3.49. The minimum Gasteiger partial charge on any atom is -0.325 e. The third-order valence-electron chi connectivity index (χ3n) is 4.81. The third-order valence-corrected chi connectivity index (χ3v) is 4.81. The van der Waals surface area contributed by atoms with Crippen LogP contribution in [-0.2, 0) is 17.9 Å². The molecule has 3 aromatic carbocycles. The Bertz CT molecular complexity index is 1070. The van der Waals surface area contributed by atoms with Gasteiger partial charge in [0.1, 0.15) is 5.82 Å². The van der Waals surface area contributed by atoms with Crippen LogP contribution in [0.5, 0.6) is 0 Å². The lowest BCUT2D eigenvalue weighted by Crippen LogP contribution is -2.32. The van der Waals surface area contributed by atoms with Crippen molar-refractivity contribution in [1.82, 2.24) is 4.90 Å². The average molecular weight is 401 g/mol. The molecule has 3 rings (SSSR count). The first-order valence-corrected chi connectivity index (χ1v) is 9.76. The number of carbonyl (C=O) groups is 1. The number of amides is 1. The number of nitriles is 1. The van der Waals surface area contributed by atoms with Gasteiger partial charge in [0, 0.05) is 18.8 Å². The van der Waals surface area contributed by atoms with Gasteiger partial charge in [-0.25, -0.2) is 4.39 Å². The van der Waals surface area contributed by atoms with E-state index in [1.54, 1.807) is 18.2 Å². The van der Waals surface area contributed by atoms with Gasteiger partial charge < -0.3 is 5.32 Å². The molecule has 0 saturated carbocycles. The first-order valence-electron chi connectivity index (χ1n) is 9.76. The average Bonchev–Trinajstić information content (AvgIpc) is 2.70. The maximum Gasteiger partial charge on any atom is 0.238 e. The number of benzene rings is 3. The quantitative estimate of drug-likeness (QED) is 0.609. The van der Waals surface area contributed by atoms with E-state index in [2.05, 4.69) is 11.4 Å². The molecule has 3 aromatic rings. The van der Waals surface area contributed by atoms with E-state index in [1.165, 1.54) is 12.1 Å². The number of hydrogen-bond donors (Lipinski definition) is 1. The molecule has 0 fully saturated rings. The van der Waals surface area contributed by atoms with Crippen molar-refractivity contribution in [3.05, 3.63) is 100 Å². The predicted octanol–water partition coefficient (Wildman–Crippen LogP) is 4.96. The van der Waals surface area contributed by atoms with Crippen LogP contribution in [0.4, 0.5) is 10.1 Å². The first-order chi connectivity index (χ1) is 14.4. The molecule has 4 nitrogen and oxygen atoms in total. The van der Waals surface area contributed by atoms with Crippen LogP contribution in [0, 0.1) is 31.0 Å². The molecule has 0 aromatic heterocycles. The van der Waals surface area contributed by atoms with Gasteiger partial charge in [-0.05, 0) is 60.9 Å². The smallest absolute Gasteiger partial charge is 0.238 e. The lowest BCUT2D eigenvalue weighted by molar-refractivity contribution is -0.117.